The molecule has 72 valence electrons. The highest BCUT2D eigenvalue weighted by Crippen LogP contribution is 2.20. The molecule has 0 aliphatic rings. The van der Waals surface area contributed by atoms with Gasteiger partial charge in [0.25, 0.3) is 0 Å². The standard InChI is InChI=1S/C9H6Cl2N2O/c10-5-9-12-6(4-8(11)13-9)7-2-1-3-14-7/h1-4H,5H2. The van der Waals surface area contributed by atoms with Crippen molar-refractivity contribution >= 4 is 23.2 Å². The summed E-state index contributed by atoms with van der Waals surface area (Å²) in [5.74, 6) is 1.38. The van der Waals surface area contributed by atoms with Crippen molar-refractivity contribution < 1.29 is 4.42 Å². The van der Waals surface area contributed by atoms with Crippen LogP contribution in [0.2, 0.25) is 5.15 Å². The maximum Gasteiger partial charge on any atom is 0.152 e. The number of aromatic nitrogens is 2. The van der Waals surface area contributed by atoms with Gasteiger partial charge in [-0.15, -0.1) is 11.6 Å². The summed E-state index contributed by atoms with van der Waals surface area (Å²) < 4.78 is 5.18. The molecule has 14 heavy (non-hydrogen) atoms. The molecule has 2 aromatic rings. The van der Waals surface area contributed by atoms with Crippen LogP contribution in [-0.2, 0) is 5.88 Å². The summed E-state index contributed by atoms with van der Waals surface area (Å²) in [5, 5.41) is 0.363. The quantitative estimate of drug-likeness (QED) is 0.586. The van der Waals surface area contributed by atoms with Crippen molar-refractivity contribution in [2.45, 2.75) is 5.88 Å². The molecule has 0 spiro atoms. The van der Waals surface area contributed by atoms with Crippen LogP contribution in [0.4, 0.5) is 0 Å². The predicted molar refractivity (Wildman–Crippen MR) is 54.3 cm³/mol. The Morgan fingerprint density at radius 3 is 2.86 bits per heavy atom. The van der Waals surface area contributed by atoms with E-state index >= 15 is 0 Å². The van der Waals surface area contributed by atoms with Gasteiger partial charge in [-0.3, -0.25) is 0 Å². The summed E-state index contributed by atoms with van der Waals surface area (Å²) in [4.78, 5) is 8.12. The van der Waals surface area contributed by atoms with Crippen LogP contribution in [0.25, 0.3) is 11.5 Å². The summed E-state index contributed by atoms with van der Waals surface area (Å²) >= 11 is 11.4. The van der Waals surface area contributed by atoms with Crippen LogP contribution in [0.1, 0.15) is 5.82 Å². The van der Waals surface area contributed by atoms with E-state index in [4.69, 9.17) is 27.6 Å². The largest absolute Gasteiger partial charge is 0.463 e. The van der Waals surface area contributed by atoms with Gasteiger partial charge in [-0.25, -0.2) is 9.97 Å². The molecule has 0 atom stereocenters. The summed E-state index contributed by atoms with van der Waals surface area (Å²) in [6.45, 7) is 0. The highest BCUT2D eigenvalue weighted by Gasteiger charge is 2.06. The molecule has 2 aromatic heterocycles. The second kappa shape index (κ2) is 3.98. The number of nitrogens with zero attached hydrogens (tertiary/aromatic N) is 2. The molecule has 0 aliphatic heterocycles. The van der Waals surface area contributed by atoms with Crippen molar-refractivity contribution in [1.82, 2.24) is 9.97 Å². The lowest BCUT2D eigenvalue weighted by atomic mass is 10.3. The minimum Gasteiger partial charge on any atom is -0.463 e. The van der Waals surface area contributed by atoms with Gasteiger partial charge >= 0.3 is 0 Å². The molecular formula is C9H6Cl2N2O. The zero-order chi connectivity index (χ0) is 9.97. The zero-order valence-electron chi connectivity index (χ0n) is 7.08. The Morgan fingerprint density at radius 2 is 2.21 bits per heavy atom. The first kappa shape index (κ1) is 9.49. The highest BCUT2D eigenvalue weighted by molar-refractivity contribution is 6.29. The lowest BCUT2D eigenvalue weighted by molar-refractivity contribution is 0.579. The molecule has 2 heterocycles. The second-order valence-electron chi connectivity index (χ2n) is 2.60. The Morgan fingerprint density at radius 1 is 1.36 bits per heavy atom. The maximum atomic E-state index is 5.79. The Kier molecular flexibility index (Phi) is 2.70. The van der Waals surface area contributed by atoms with Gasteiger partial charge in [-0.1, -0.05) is 11.6 Å². The van der Waals surface area contributed by atoms with Crippen molar-refractivity contribution in [2.75, 3.05) is 0 Å². The Balaban J connectivity index is 2.48. The molecule has 3 nitrogen and oxygen atoms in total. The first-order chi connectivity index (χ1) is 6.79. The molecule has 0 saturated carbocycles. The molecule has 0 bridgehead atoms. The van der Waals surface area contributed by atoms with Gasteiger partial charge in [0.05, 0.1) is 12.1 Å². The van der Waals surface area contributed by atoms with Crippen molar-refractivity contribution in [3.63, 3.8) is 0 Å². The number of halogens is 2. The van der Waals surface area contributed by atoms with E-state index in [0.29, 0.717) is 22.4 Å². The van der Waals surface area contributed by atoms with E-state index in [2.05, 4.69) is 9.97 Å². The van der Waals surface area contributed by atoms with Gasteiger partial charge in [-0.05, 0) is 12.1 Å². The van der Waals surface area contributed by atoms with Gasteiger partial charge in [0.2, 0.25) is 0 Å². The smallest absolute Gasteiger partial charge is 0.152 e. The van der Waals surface area contributed by atoms with E-state index in [-0.39, 0.29) is 5.88 Å². The predicted octanol–water partition coefficient (Wildman–Crippen LogP) is 3.13. The molecule has 0 amide bonds. The van der Waals surface area contributed by atoms with Crippen molar-refractivity contribution in [2.24, 2.45) is 0 Å². The fourth-order valence-electron chi connectivity index (χ4n) is 1.07. The van der Waals surface area contributed by atoms with Crippen molar-refractivity contribution in [1.29, 1.82) is 0 Å². The molecule has 0 aromatic carbocycles. The average Bonchev–Trinajstić information content (AvgIpc) is 2.69. The minimum absolute atomic E-state index is 0.230. The lowest BCUT2D eigenvalue weighted by Gasteiger charge is -1.99. The minimum atomic E-state index is 0.230. The summed E-state index contributed by atoms with van der Waals surface area (Å²) in [5.41, 5.74) is 0.644. The number of rotatable bonds is 2. The third-order valence-corrected chi connectivity index (χ3v) is 2.07. The number of furan rings is 1. The molecule has 0 aliphatic carbocycles. The van der Waals surface area contributed by atoms with Gasteiger partial charge in [-0.2, -0.15) is 0 Å². The molecule has 5 heteroatoms. The zero-order valence-corrected chi connectivity index (χ0v) is 8.59. The van der Waals surface area contributed by atoms with E-state index in [1.165, 1.54) is 0 Å². The molecular weight excluding hydrogens is 223 g/mol. The Labute approximate surface area is 90.7 Å². The van der Waals surface area contributed by atoms with Gasteiger partial charge < -0.3 is 4.42 Å². The fourth-order valence-corrected chi connectivity index (χ4v) is 1.40. The van der Waals surface area contributed by atoms with Crippen LogP contribution in [0.5, 0.6) is 0 Å². The topological polar surface area (TPSA) is 38.9 Å². The first-order valence-electron chi connectivity index (χ1n) is 3.93. The van der Waals surface area contributed by atoms with Crippen LogP contribution in [0, 0.1) is 0 Å². The maximum absolute atomic E-state index is 5.79. The van der Waals surface area contributed by atoms with E-state index in [1.54, 1.807) is 24.5 Å². The van der Waals surface area contributed by atoms with Crippen molar-refractivity contribution in [3.8, 4) is 11.5 Å². The van der Waals surface area contributed by atoms with E-state index in [9.17, 15) is 0 Å². The molecule has 2 rings (SSSR count). The third kappa shape index (κ3) is 1.89. The van der Waals surface area contributed by atoms with Crippen LogP contribution in [0.3, 0.4) is 0 Å². The monoisotopic (exact) mass is 228 g/mol. The molecule has 0 fully saturated rings. The molecule has 0 radical (unpaired) electrons. The SMILES string of the molecule is ClCc1nc(Cl)cc(-c2ccco2)n1. The summed E-state index contributed by atoms with van der Waals surface area (Å²) in [7, 11) is 0. The van der Waals surface area contributed by atoms with E-state index in [1.807, 2.05) is 0 Å². The van der Waals surface area contributed by atoms with Crippen LogP contribution < -0.4 is 0 Å². The second-order valence-corrected chi connectivity index (χ2v) is 3.26. The summed E-state index contributed by atoms with van der Waals surface area (Å²) in [6, 6.07) is 5.22. The number of alkyl halides is 1. The number of hydrogen-bond acceptors (Lipinski definition) is 3. The normalized spacial score (nSPS) is 10.4. The van der Waals surface area contributed by atoms with Crippen LogP contribution in [-0.4, -0.2) is 9.97 Å². The lowest BCUT2D eigenvalue weighted by Crippen LogP contribution is -1.93. The van der Waals surface area contributed by atoms with Crippen molar-refractivity contribution in [3.05, 3.63) is 35.4 Å². The summed E-state index contributed by atoms with van der Waals surface area (Å²) in [6.07, 6.45) is 1.58. The third-order valence-electron chi connectivity index (χ3n) is 1.63. The first-order valence-corrected chi connectivity index (χ1v) is 4.84. The molecule has 0 N–H and O–H groups in total. The van der Waals surface area contributed by atoms with E-state index < -0.39 is 0 Å². The molecule has 0 unspecified atom stereocenters. The highest BCUT2D eigenvalue weighted by atomic mass is 35.5. The average molecular weight is 229 g/mol. The van der Waals surface area contributed by atoms with Gasteiger partial charge in [0, 0.05) is 6.07 Å². The Hall–Kier alpha value is -1.06. The van der Waals surface area contributed by atoms with E-state index in [0.717, 1.165) is 0 Å². The fraction of sp³-hybridized carbons (Fsp3) is 0.111. The number of hydrogen-bond donors (Lipinski definition) is 0. The van der Waals surface area contributed by atoms with Crippen LogP contribution in [0.15, 0.2) is 28.9 Å². The Bertz CT molecular complexity index is 428. The van der Waals surface area contributed by atoms with Gasteiger partial charge in [0.15, 0.2) is 5.76 Å². The van der Waals surface area contributed by atoms with Crippen LogP contribution >= 0.6 is 23.2 Å². The molecule has 0 saturated heterocycles. The van der Waals surface area contributed by atoms with Gasteiger partial charge in [0.1, 0.15) is 16.7 Å².